The van der Waals surface area contributed by atoms with Gasteiger partial charge in [0.15, 0.2) is 5.67 Å². The van der Waals surface area contributed by atoms with Gasteiger partial charge in [-0.2, -0.15) is 0 Å². The Labute approximate surface area is 129 Å². The summed E-state index contributed by atoms with van der Waals surface area (Å²) in [5, 5.41) is 1.26. The molecule has 0 N–H and O–H groups in total. The number of aromatic nitrogens is 2. The highest BCUT2D eigenvalue weighted by Crippen LogP contribution is 2.39. The van der Waals surface area contributed by atoms with Crippen LogP contribution in [0.4, 0.5) is 4.39 Å². The van der Waals surface area contributed by atoms with Gasteiger partial charge in [0, 0.05) is 23.6 Å². The van der Waals surface area contributed by atoms with Crippen molar-refractivity contribution in [2.45, 2.75) is 25.4 Å². The summed E-state index contributed by atoms with van der Waals surface area (Å²) in [4.78, 5) is 10.8. The lowest BCUT2D eigenvalue weighted by Gasteiger charge is -2.36. The second-order valence-corrected chi connectivity index (χ2v) is 6.44. The van der Waals surface area contributed by atoms with E-state index in [0.29, 0.717) is 16.4 Å². The topological polar surface area (TPSA) is 29.0 Å². The highest BCUT2D eigenvalue weighted by molar-refractivity contribution is 6.29. The summed E-state index contributed by atoms with van der Waals surface area (Å²) in [6, 6.07) is 5.33. The van der Waals surface area contributed by atoms with Gasteiger partial charge in [-0.1, -0.05) is 11.6 Å². The normalized spacial score (nSPS) is 20.6. The summed E-state index contributed by atoms with van der Waals surface area (Å²) >= 11 is 5.90. The average molecular weight is 308 g/mol. The Kier molecular flexibility index (Phi) is 3.84. The van der Waals surface area contributed by atoms with Crippen LogP contribution in [-0.4, -0.2) is 35.0 Å². The van der Waals surface area contributed by atoms with Crippen LogP contribution in [0.25, 0.3) is 10.9 Å². The van der Waals surface area contributed by atoms with E-state index in [0.717, 1.165) is 31.3 Å². The highest BCUT2D eigenvalue weighted by atomic mass is 35.5. The molecule has 1 aliphatic rings. The molecule has 3 heterocycles. The Morgan fingerprint density at radius 1 is 1.33 bits per heavy atom. The molecular formula is C16H19ClFN3. The Balaban J connectivity index is 1.94. The smallest absolute Gasteiger partial charge is 0.152 e. The Hall–Kier alpha value is -1.26. The molecular weight excluding hydrogens is 289 g/mol. The fourth-order valence-electron chi connectivity index (χ4n) is 3.02. The fourth-order valence-corrected chi connectivity index (χ4v) is 3.18. The molecule has 1 saturated heterocycles. The van der Waals surface area contributed by atoms with Crippen molar-refractivity contribution in [1.82, 2.24) is 14.9 Å². The number of nitrogens with zero attached hydrogens (tertiary/aromatic N) is 3. The second kappa shape index (κ2) is 5.50. The van der Waals surface area contributed by atoms with Crippen molar-refractivity contribution < 1.29 is 4.39 Å². The zero-order valence-electron chi connectivity index (χ0n) is 12.3. The molecule has 5 heteroatoms. The van der Waals surface area contributed by atoms with Crippen molar-refractivity contribution in [3.05, 3.63) is 35.2 Å². The molecule has 1 fully saturated rings. The standard InChI is InChI=1S/C16H19ClFN3/c1-16(18,12-5-7-21(2)8-6-12)14-4-3-11-10-19-15(17)9-13(11)20-14/h3-4,9-10,12H,5-8H2,1-2H3. The summed E-state index contributed by atoms with van der Waals surface area (Å²) in [6.45, 7) is 3.53. The zero-order valence-corrected chi connectivity index (χ0v) is 13.1. The first kappa shape index (κ1) is 14.7. The van der Waals surface area contributed by atoms with E-state index in [9.17, 15) is 0 Å². The van der Waals surface area contributed by atoms with E-state index >= 15 is 4.39 Å². The lowest BCUT2D eigenvalue weighted by Crippen LogP contribution is -2.38. The van der Waals surface area contributed by atoms with E-state index in [4.69, 9.17) is 11.6 Å². The van der Waals surface area contributed by atoms with Gasteiger partial charge in [-0.05, 0) is 52.0 Å². The third-order valence-electron chi connectivity index (χ3n) is 4.53. The molecule has 0 bridgehead atoms. The minimum atomic E-state index is -1.41. The van der Waals surface area contributed by atoms with Crippen molar-refractivity contribution in [1.29, 1.82) is 0 Å². The van der Waals surface area contributed by atoms with Crippen LogP contribution in [0.15, 0.2) is 24.4 Å². The summed E-state index contributed by atoms with van der Waals surface area (Å²) in [5.74, 6) is 0.0101. The van der Waals surface area contributed by atoms with Crippen molar-refractivity contribution in [3.63, 3.8) is 0 Å². The fraction of sp³-hybridized carbons (Fsp3) is 0.500. The van der Waals surface area contributed by atoms with E-state index in [2.05, 4.69) is 21.9 Å². The highest BCUT2D eigenvalue weighted by Gasteiger charge is 2.38. The van der Waals surface area contributed by atoms with E-state index in [1.807, 2.05) is 6.07 Å². The van der Waals surface area contributed by atoms with Gasteiger partial charge in [0.25, 0.3) is 0 Å². The molecule has 2 aromatic heterocycles. The molecule has 3 nitrogen and oxygen atoms in total. The first-order chi connectivity index (χ1) is 9.96. The maximum Gasteiger partial charge on any atom is 0.152 e. The van der Waals surface area contributed by atoms with Gasteiger partial charge < -0.3 is 4.90 Å². The molecule has 1 atom stereocenters. The van der Waals surface area contributed by atoms with E-state index in [1.165, 1.54) is 0 Å². The van der Waals surface area contributed by atoms with Crippen LogP contribution in [-0.2, 0) is 5.67 Å². The van der Waals surface area contributed by atoms with Crippen LogP contribution in [0.1, 0.15) is 25.5 Å². The number of fused-ring (bicyclic) bond motifs is 1. The van der Waals surface area contributed by atoms with Crippen LogP contribution < -0.4 is 0 Å². The molecule has 0 amide bonds. The maximum absolute atomic E-state index is 15.3. The molecule has 2 aromatic rings. The largest absolute Gasteiger partial charge is 0.306 e. The zero-order chi connectivity index (χ0) is 15.0. The third kappa shape index (κ3) is 2.87. The molecule has 0 aromatic carbocycles. The molecule has 1 aliphatic heterocycles. The third-order valence-corrected chi connectivity index (χ3v) is 4.73. The number of hydrogen-bond donors (Lipinski definition) is 0. The number of halogens is 2. The van der Waals surface area contributed by atoms with Gasteiger partial charge in [0.2, 0.25) is 0 Å². The monoisotopic (exact) mass is 307 g/mol. The minimum Gasteiger partial charge on any atom is -0.306 e. The first-order valence-corrected chi connectivity index (χ1v) is 7.65. The summed E-state index contributed by atoms with van der Waals surface area (Å²) in [7, 11) is 2.08. The lowest BCUT2D eigenvalue weighted by molar-refractivity contribution is 0.0489. The minimum absolute atomic E-state index is 0.0101. The van der Waals surface area contributed by atoms with Crippen LogP contribution in [0, 0.1) is 5.92 Å². The number of alkyl halides is 1. The van der Waals surface area contributed by atoms with Gasteiger partial charge in [-0.15, -0.1) is 0 Å². The molecule has 1 unspecified atom stereocenters. The van der Waals surface area contributed by atoms with Gasteiger partial charge >= 0.3 is 0 Å². The second-order valence-electron chi connectivity index (χ2n) is 6.05. The van der Waals surface area contributed by atoms with Gasteiger partial charge in [0.05, 0.1) is 11.2 Å². The van der Waals surface area contributed by atoms with Crippen LogP contribution in [0.3, 0.4) is 0 Å². The summed E-state index contributed by atoms with van der Waals surface area (Å²) in [6.07, 6.45) is 3.39. The molecule has 3 rings (SSSR count). The van der Waals surface area contributed by atoms with Crippen molar-refractivity contribution in [3.8, 4) is 0 Å². The predicted molar refractivity (Wildman–Crippen MR) is 83.2 cm³/mol. The molecule has 0 saturated carbocycles. The Morgan fingerprint density at radius 2 is 2.05 bits per heavy atom. The number of pyridine rings is 2. The predicted octanol–water partition coefficient (Wildman–Crippen LogP) is 3.81. The van der Waals surface area contributed by atoms with Crippen molar-refractivity contribution in [2.75, 3.05) is 20.1 Å². The number of piperidine rings is 1. The summed E-state index contributed by atoms with van der Waals surface area (Å²) in [5.41, 5.74) is -0.221. The molecule has 21 heavy (non-hydrogen) atoms. The van der Waals surface area contributed by atoms with E-state index < -0.39 is 5.67 Å². The first-order valence-electron chi connectivity index (χ1n) is 7.27. The van der Waals surface area contributed by atoms with E-state index in [1.54, 1.807) is 25.3 Å². The van der Waals surface area contributed by atoms with Gasteiger partial charge in [-0.25, -0.2) is 14.4 Å². The van der Waals surface area contributed by atoms with Crippen molar-refractivity contribution in [2.24, 2.45) is 5.92 Å². The molecule has 0 aliphatic carbocycles. The van der Waals surface area contributed by atoms with E-state index in [-0.39, 0.29) is 5.92 Å². The molecule has 112 valence electrons. The molecule has 0 spiro atoms. The number of rotatable bonds is 2. The number of hydrogen-bond acceptors (Lipinski definition) is 3. The Morgan fingerprint density at radius 3 is 2.76 bits per heavy atom. The molecule has 0 radical (unpaired) electrons. The quantitative estimate of drug-likeness (QED) is 0.790. The average Bonchev–Trinajstić information content (AvgIpc) is 2.47. The van der Waals surface area contributed by atoms with Gasteiger partial charge in [-0.3, -0.25) is 0 Å². The SMILES string of the molecule is CN1CCC(C(C)(F)c2ccc3cnc(Cl)cc3n2)CC1. The van der Waals surface area contributed by atoms with Gasteiger partial charge in [0.1, 0.15) is 5.15 Å². The summed E-state index contributed by atoms with van der Waals surface area (Å²) < 4.78 is 15.3. The van der Waals surface area contributed by atoms with Crippen molar-refractivity contribution >= 4 is 22.5 Å². The Bertz CT molecular complexity index is 651. The maximum atomic E-state index is 15.3. The van der Waals surface area contributed by atoms with Crippen LogP contribution in [0.2, 0.25) is 5.15 Å². The lowest BCUT2D eigenvalue weighted by atomic mass is 9.81. The van der Waals surface area contributed by atoms with Crippen LogP contribution in [0.5, 0.6) is 0 Å². The number of likely N-dealkylation sites (tertiary alicyclic amines) is 1. The van der Waals surface area contributed by atoms with Crippen LogP contribution >= 0.6 is 11.6 Å².